The second kappa shape index (κ2) is 7.04. The smallest absolute Gasteiger partial charge is 0.409 e. The minimum atomic E-state index is -1.05. The van der Waals surface area contributed by atoms with E-state index in [9.17, 15) is 4.79 Å². The molecule has 0 spiro atoms. The van der Waals surface area contributed by atoms with Crippen LogP contribution in [0.25, 0.3) is 0 Å². The number of benzene rings is 1. The molecule has 156 valence electrons. The van der Waals surface area contributed by atoms with E-state index >= 15 is 0 Å². The third kappa shape index (κ3) is 3.95. The average Bonchev–Trinajstić information content (AvgIpc) is 3.19. The Kier molecular flexibility index (Phi) is 4.79. The lowest BCUT2D eigenvalue weighted by Crippen LogP contribution is -2.47. The zero-order valence-electron chi connectivity index (χ0n) is 17.4. The van der Waals surface area contributed by atoms with E-state index in [0.29, 0.717) is 5.69 Å². The number of rotatable bonds is 5. The van der Waals surface area contributed by atoms with Gasteiger partial charge in [-0.15, -0.1) is 0 Å². The number of anilines is 2. The second-order valence-electron chi connectivity index (χ2n) is 9.82. The number of carboxylic acid groups (broad SMARTS) is 1. The van der Waals surface area contributed by atoms with Gasteiger partial charge in [0.05, 0.1) is 0 Å². The molecule has 3 aliphatic rings. The average molecular weight is 399 g/mol. The number of amides is 1. The van der Waals surface area contributed by atoms with Gasteiger partial charge in [-0.3, -0.25) is 5.32 Å². The van der Waals surface area contributed by atoms with E-state index < -0.39 is 6.09 Å². The summed E-state index contributed by atoms with van der Waals surface area (Å²) >= 11 is 0. The molecule has 1 aromatic carbocycles. The largest absolute Gasteiger partial charge is 0.465 e. The quantitative estimate of drug-likeness (QED) is 0.643. The molecule has 0 saturated heterocycles. The number of hydrogen-bond donors (Lipinski definition) is 3. The molecule has 3 fully saturated rings. The summed E-state index contributed by atoms with van der Waals surface area (Å²) in [6.07, 6.45) is 5.67. The highest BCUT2D eigenvalue weighted by molar-refractivity contribution is 5.83. The van der Waals surface area contributed by atoms with E-state index in [-0.39, 0.29) is 16.2 Å². The van der Waals surface area contributed by atoms with Crippen LogP contribution in [0.5, 0.6) is 0 Å². The number of hydrogen-bond acceptors (Lipinski definition) is 5. The molecule has 5 rings (SSSR count). The molecule has 0 unspecified atom stereocenters. The molecule has 1 amide bonds. The lowest BCUT2D eigenvalue weighted by Gasteiger charge is -2.52. The minimum Gasteiger partial charge on any atom is -0.465 e. The van der Waals surface area contributed by atoms with Gasteiger partial charge < -0.3 is 14.9 Å². The van der Waals surface area contributed by atoms with Gasteiger partial charge in [-0.25, -0.2) is 4.79 Å². The number of nitrogens with one attached hydrogen (secondary N) is 2. The van der Waals surface area contributed by atoms with Gasteiger partial charge in [0, 0.05) is 28.7 Å². The zero-order chi connectivity index (χ0) is 20.7. The SMILES string of the molecule is CC(C)(C)c1nc(C23CCC(CNc4cccc(NC(=O)O)c4)(CC2)CC3)no1. The van der Waals surface area contributed by atoms with Gasteiger partial charge in [0.25, 0.3) is 0 Å². The van der Waals surface area contributed by atoms with Gasteiger partial charge in [-0.05, 0) is 62.1 Å². The van der Waals surface area contributed by atoms with Crippen molar-refractivity contribution in [3.05, 3.63) is 36.0 Å². The van der Waals surface area contributed by atoms with Crippen LogP contribution in [0.3, 0.4) is 0 Å². The number of nitrogens with zero attached hydrogens (tertiary/aromatic N) is 2. The molecule has 1 heterocycles. The summed E-state index contributed by atoms with van der Waals surface area (Å²) in [6.45, 7) is 7.20. The first-order valence-corrected chi connectivity index (χ1v) is 10.4. The normalized spacial score (nSPS) is 26.3. The van der Waals surface area contributed by atoms with Crippen LogP contribution in [0.15, 0.2) is 28.8 Å². The minimum absolute atomic E-state index is 0.0695. The highest BCUT2D eigenvalue weighted by Crippen LogP contribution is 2.57. The van der Waals surface area contributed by atoms with Crippen LogP contribution in [0.1, 0.15) is 71.0 Å². The van der Waals surface area contributed by atoms with Crippen molar-refractivity contribution in [2.24, 2.45) is 5.41 Å². The van der Waals surface area contributed by atoms with Gasteiger partial charge in [0.15, 0.2) is 5.82 Å². The summed E-state index contributed by atoms with van der Waals surface area (Å²) in [5, 5.41) is 19.2. The molecule has 7 heteroatoms. The topological polar surface area (TPSA) is 100 Å². The fourth-order valence-electron chi connectivity index (χ4n) is 4.73. The van der Waals surface area contributed by atoms with Crippen molar-refractivity contribution in [1.82, 2.24) is 10.1 Å². The van der Waals surface area contributed by atoms with E-state index in [1.807, 2.05) is 18.2 Å². The fraction of sp³-hybridized carbons (Fsp3) is 0.591. The Balaban J connectivity index is 1.40. The Bertz CT molecular complexity index is 875. The lowest BCUT2D eigenvalue weighted by molar-refractivity contribution is 0.0445. The molecule has 2 aromatic rings. The third-order valence-electron chi connectivity index (χ3n) is 6.72. The van der Waals surface area contributed by atoms with Crippen LogP contribution < -0.4 is 10.6 Å². The maximum Gasteiger partial charge on any atom is 0.409 e. The molecule has 1 aromatic heterocycles. The van der Waals surface area contributed by atoms with Gasteiger partial charge in [0.1, 0.15) is 0 Å². The first kappa shape index (κ1) is 19.7. The van der Waals surface area contributed by atoms with E-state index in [0.717, 1.165) is 62.5 Å². The Morgan fingerprint density at radius 3 is 2.38 bits per heavy atom. The van der Waals surface area contributed by atoms with Crippen molar-refractivity contribution in [2.75, 3.05) is 17.2 Å². The van der Waals surface area contributed by atoms with E-state index in [2.05, 4.69) is 36.6 Å². The van der Waals surface area contributed by atoms with Crippen LogP contribution in [-0.4, -0.2) is 27.9 Å². The van der Waals surface area contributed by atoms with Crippen molar-refractivity contribution in [2.45, 2.75) is 70.1 Å². The predicted molar refractivity (Wildman–Crippen MR) is 111 cm³/mol. The van der Waals surface area contributed by atoms with Gasteiger partial charge in [0.2, 0.25) is 5.89 Å². The van der Waals surface area contributed by atoms with E-state index in [1.54, 1.807) is 6.07 Å². The summed E-state index contributed by atoms with van der Waals surface area (Å²) in [5.41, 5.74) is 1.76. The number of aromatic nitrogens is 2. The first-order valence-electron chi connectivity index (χ1n) is 10.4. The van der Waals surface area contributed by atoms with Gasteiger partial charge >= 0.3 is 6.09 Å². The van der Waals surface area contributed by atoms with Crippen molar-refractivity contribution in [3.63, 3.8) is 0 Å². The molecular weight excluding hydrogens is 368 g/mol. The van der Waals surface area contributed by atoms with Gasteiger partial charge in [-0.2, -0.15) is 4.98 Å². The molecule has 0 atom stereocenters. The van der Waals surface area contributed by atoms with Crippen LogP contribution >= 0.6 is 0 Å². The highest BCUT2D eigenvalue weighted by atomic mass is 16.5. The van der Waals surface area contributed by atoms with Crippen molar-refractivity contribution >= 4 is 17.5 Å². The van der Waals surface area contributed by atoms with E-state index in [4.69, 9.17) is 14.6 Å². The van der Waals surface area contributed by atoms with E-state index in [1.165, 1.54) is 0 Å². The Morgan fingerprint density at radius 1 is 1.14 bits per heavy atom. The summed E-state index contributed by atoms with van der Waals surface area (Å²) in [6, 6.07) is 7.44. The fourth-order valence-corrected chi connectivity index (χ4v) is 4.73. The third-order valence-corrected chi connectivity index (χ3v) is 6.72. The van der Waals surface area contributed by atoms with Crippen molar-refractivity contribution < 1.29 is 14.4 Å². The molecule has 7 nitrogen and oxygen atoms in total. The van der Waals surface area contributed by atoms with Crippen LogP contribution in [-0.2, 0) is 10.8 Å². The molecule has 0 radical (unpaired) electrons. The Labute approximate surface area is 171 Å². The van der Waals surface area contributed by atoms with Crippen LogP contribution in [0.2, 0.25) is 0 Å². The number of carbonyl (C=O) groups is 1. The summed E-state index contributed by atoms with van der Waals surface area (Å²) in [7, 11) is 0. The Morgan fingerprint density at radius 2 is 1.79 bits per heavy atom. The van der Waals surface area contributed by atoms with Crippen LogP contribution in [0, 0.1) is 5.41 Å². The van der Waals surface area contributed by atoms with Crippen LogP contribution in [0.4, 0.5) is 16.2 Å². The summed E-state index contributed by atoms with van der Waals surface area (Å²) in [5.74, 6) is 1.62. The van der Waals surface area contributed by atoms with Crippen molar-refractivity contribution in [3.8, 4) is 0 Å². The monoisotopic (exact) mass is 398 g/mol. The first-order chi connectivity index (χ1) is 13.7. The maximum absolute atomic E-state index is 10.8. The molecule has 3 saturated carbocycles. The molecule has 3 aliphatic carbocycles. The number of fused-ring (bicyclic) bond motifs is 3. The Hall–Kier alpha value is -2.57. The predicted octanol–water partition coefficient (Wildman–Crippen LogP) is 5.16. The molecule has 0 aliphatic heterocycles. The van der Waals surface area contributed by atoms with Crippen molar-refractivity contribution in [1.29, 1.82) is 0 Å². The second-order valence-corrected chi connectivity index (χ2v) is 9.82. The molecular formula is C22H30N4O3. The summed E-state index contributed by atoms with van der Waals surface area (Å²) in [4.78, 5) is 15.6. The maximum atomic E-state index is 10.8. The lowest BCUT2D eigenvalue weighted by atomic mass is 9.53. The summed E-state index contributed by atoms with van der Waals surface area (Å²) < 4.78 is 5.57. The molecule has 3 N–H and O–H groups in total. The molecule has 29 heavy (non-hydrogen) atoms. The standard InChI is InChI=1S/C22H30N4O3/c1-20(2,3)18-25-17(26-29-18)22-10-7-21(8-11-22,9-12-22)14-23-15-5-4-6-16(13-15)24-19(27)28/h4-6,13,23-24H,7-12,14H2,1-3H3,(H,27,28). The van der Waals surface area contributed by atoms with Gasteiger partial charge in [-0.1, -0.05) is 32.0 Å². The molecule has 2 bridgehead atoms. The zero-order valence-corrected chi connectivity index (χ0v) is 17.4. The highest BCUT2D eigenvalue weighted by Gasteiger charge is 2.51.